The highest BCUT2D eigenvalue weighted by molar-refractivity contribution is 14.0. The Kier molecular flexibility index (Phi) is 10.2. The van der Waals surface area contributed by atoms with E-state index < -0.39 is 0 Å². The van der Waals surface area contributed by atoms with Gasteiger partial charge in [-0.2, -0.15) is 0 Å². The van der Waals surface area contributed by atoms with Gasteiger partial charge in [-0.05, 0) is 70.4 Å². The van der Waals surface area contributed by atoms with Gasteiger partial charge in [-0.1, -0.05) is 12.1 Å². The first-order valence-electron chi connectivity index (χ1n) is 8.93. The Morgan fingerprint density at radius 2 is 2.04 bits per heavy atom. The fraction of sp³-hybridized carbons (Fsp3) is 0.632. The fourth-order valence-electron chi connectivity index (χ4n) is 2.93. The highest BCUT2D eigenvalue weighted by atomic mass is 127. The Hall–Kier alpha value is -1.02. The third kappa shape index (κ3) is 8.27. The van der Waals surface area contributed by atoms with Crippen LogP contribution in [0.15, 0.2) is 29.3 Å². The van der Waals surface area contributed by atoms with E-state index in [0.29, 0.717) is 0 Å². The lowest BCUT2D eigenvalue weighted by Gasteiger charge is -2.29. The molecule has 142 valence electrons. The molecule has 1 atom stereocenters. The van der Waals surface area contributed by atoms with Gasteiger partial charge in [0.1, 0.15) is 11.9 Å². The normalized spacial score (nSPS) is 17.5. The van der Waals surface area contributed by atoms with Gasteiger partial charge in [0.15, 0.2) is 5.96 Å². The molecule has 25 heavy (non-hydrogen) atoms. The topological polar surface area (TPSA) is 48.9 Å². The number of benzene rings is 1. The molecule has 2 rings (SSSR count). The van der Waals surface area contributed by atoms with E-state index in [0.717, 1.165) is 30.7 Å². The molecule has 0 amide bonds. The number of halogens is 1. The zero-order chi connectivity index (χ0) is 17.4. The van der Waals surface area contributed by atoms with Gasteiger partial charge < -0.3 is 20.3 Å². The predicted molar refractivity (Wildman–Crippen MR) is 116 cm³/mol. The number of likely N-dealkylation sites (tertiary alicyclic amines) is 1. The van der Waals surface area contributed by atoms with Crippen LogP contribution in [0, 0.1) is 12.8 Å². The lowest BCUT2D eigenvalue weighted by atomic mass is 9.97. The van der Waals surface area contributed by atoms with Crippen molar-refractivity contribution in [3.05, 3.63) is 29.8 Å². The van der Waals surface area contributed by atoms with Gasteiger partial charge in [0, 0.05) is 13.6 Å². The highest BCUT2D eigenvalue weighted by Crippen LogP contribution is 2.15. The van der Waals surface area contributed by atoms with Crippen molar-refractivity contribution in [2.75, 3.05) is 40.3 Å². The van der Waals surface area contributed by atoms with Crippen molar-refractivity contribution in [3.8, 4) is 5.75 Å². The van der Waals surface area contributed by atoms with Gasteiger partial charge in [0.2, 0.25) is 0 Å². The fourth-order valence-corrected chi connectivity index (χ4v) is 2.93. The summed E-state index contributed by atoms with van der Waals surface area (Å²) in [5, 5.41) is 6.80. The summed E-state index contributed by atoms with van der Waals surface area (Å²) in [7, 11) is 4.01. The molecule has 1 unspecified atom stereocenters. The summed E-state index contributed by atoms with van der Waals surface area (Å²) in [6, 6.07) is 8.15. The number of piperidine rings is 1. The Bertz CT molecular complexity index is 530. The van der Waals surface area contributed by atoms with Crippen molar-refractivity contribution in [2.24, 2.45) is 10.9 Å². The minimum Gasteiger partial charge on any atom is -0.489 e. The molecule has 1 saturated heterocycles. The van der Waals surface area contributed by atoms with Crippen LogP contribution in [-0.4, -0.2) is 57.2 Å². The van der Waals surface area contributed by atoms with E-state index in [1.807, 2.05) is 19.2 Å². The van der Waals surface area contributed by atoms with Gasteiger partial charge in [0.05, 0.1) is 6.54 Å². The molecular weight excluding hydrogens is 427 g/mol. The SMILES string of the molecule is CN=C(NCC1CCN(C)CC1)NCC(C)Oc1cccc(C)c1.I. The molecular formula is C19H33IN4O. The number of nitrogens with one attached hydrogen (secondary N) is 2. The van der Waals surface area contributed by atoms with Crippen LogP contribution in [0.3, 0.4) is 0 Å². The summed E-state index contributed by atoms with van der Waals surface area (Å²) in [6.07, 6.45) is 2.59. The molecule has 6 heteroatoms. The van der Waals surface area contributed by atoms with Crippen molar-refractivity contribution in [2.45, 2.75) is 32.8 Å². The standard InChI is InChI=1S/C19H32N4O.HI/c1-15-6-5-7-18(12-15)24-16(2)13-21-19(20-3)22-14-17-8-10-23(4)11-9-17;/h5-7,12,16-17H,8-11,13-14H2,1-4H3,(H2,20,21,22);1H. The lowest BCUT2D eigenvalue weighted by molar-refractivity contribution is 0.218. The van der Waals surface area contributed by atoms with E-state index in [1.165, 1.54) is 31.5 Å². The van der Waals surface area contributed by atoms with Crippen molar-refractivity contribution < 1.29 is 4.74 Å². The first-order valence-corrected chi connectivity index (χ1v) is 8.93. The molecule has 1 fully saturated rings. The van der Waals surface area contributed by atoms with Crippen molar-refractivity contribution in [1.29, 1.82) is 0 Å². The largest absolute Gasteiger partial charge is 0.489 e. The monoisotopic (exact) mass is 460 g/mol. The molecule has 0 aromatic heterocycles. The van der Waals surface area contributed by atoms with Crippen molar-refractivity contribution in [3.63, 3.8) is 0 Å². The van der Waals surface area contributed by atoms with Gasteiger partial charge in [-0.15, -0.1) is 24.0 Å². The average molecular weight is 460 g/mol. The van der Waals surface area contributed by atoms with E-state index in [2.05, 4.69) is 53.6 Å². The first-order chi connectivity index (χ1) is 11.6. The van der Waals surface area contributed by atoms with Crippen molar-refractivity contribution in [1.82, 2.24) is 15.5 Å². The van der Waals surface area contributed by atoms with Gasteiger partial charge in [-0.25, -0.2) is 0 Å². The Morgan fingerprint density at radius 1 is 1.32 bits per heavy atom. The molecule has 0 bridgehead atoms. The molecule has 2 N–H and O–H groups in total. The molecule has 0 saturated carbocycles. The van der Waals surface area contributed by atoms with E-state index in [1.54, 1.807) is 0 Å². The Morgan fingerprint density at radius 3 is 2.68 bits per heavy atom. The van der Waals surface area contributed by atoms with E-state index in [9.17, 15) is 0 Å². The number of nitrogens with zero attached hydrogens (tertiary/aromatic N) is 2. The lowest BCUT2D eigenvalue weighted by Crippen LogP contribution is -2.44. The second kappa shape index (κ2) is 11.6. The van der Waals surface area contributed by atoms with Gasteiger partial charge >= 0.3 is 0 Å². The van der Waals surface area contributed by atoms with Crippen LogP contribution in [-0.2, 0) is 0 Å². The zero-order valence-electron chi connectivity index (χ0n) is 15.9. The molecule has 1 aromatic carbocycles. The maximum atomic E-state index is 5.95. The number of hydrogen-bond acceptors (Lipinski definition) is 3. The average Bonchev–Trinajstić information content (AvgIpc) is 2.56. The summed E-state index contributed by atoms with van der Waals surface area (Å²) in [4.78, 5) is 6.71. The zero-order valence-corrected chi connectivity index (χ0v) is 18.2. The number of aryl methyl sites for hydroxylation is 1. The van der Waals surface area contributed by atoms with Crippen LogP contribution >= 0.6 is 24.0 Å². The number of ether oxygens (including phenoxy) is 1. The van der Waals surface area contributed by atoms with Crippen LogP contribution in [0.5, 0.6) is 5.75 Å². The number of guanidine groups is 1. The van der Waals surface area contributed by atoms with Gasteiger partial charge in [0.25, 0.3) is 0 Å². The Labute approximate surface area is 169 Å². The number of aliphatic imine (C=N–C) groups is 1. The maximum Gasteiger partial charge on any atom is 0.191 e. The first kappa shape index (κ1) is 22.0. The summed E-state index contributed by atoms with van der Waals surface area (Å²) < 4.78 is 5.95. The molecule has 1 aromatic rings. The maximum absolute atomic E-state index is 5.95. The van der Waals surface area contributed by atoms with Crippen LogP contribution in [0.4, 0.5) is 0 Å². The number of hydrogen-bond donors (Lipinski definition) is 2. The summed E-state index contributed by atoms with van der Waals surface area (Å²) in [5.74, 6) is 2.51. The quantitative estimate of drug-likeness (QED) is 0.390. The predicted octanol–water partition coefficient (Wildman–Crippen LogP) is 2.89. The van der Waals surface area contributed by atoms with E-state index in [4.69, 9.17) is 4.74 Å². The summed E-state index contributed by atoms with van der Waals surface area (Å²) >= 11 is 0. The molecule has 0 spiro atoms. The second-order valence-corrected chi connectivity index (χ2v) is 6.83. The van der Waals surface area contributed by atoms with E-state index in [-0.39, 0.29) is 30.1 Å². The summed E-state index contributed by atoms with van der Waals surface area (Å²) in [6.45, 7) is 8.24. The molecule has 0 aliphatic carbocycles. The summed E-state index contributed by atoms with van der Waals surface area (Å²) in [5.41, 5.74) is 1.21. The van der Waals surface area contributed by atoms with Crippen LogP contribution in [0.25, 0.3) is 0 Å². The van der Waals surface area contributed by atoms with Gasteiger partial charge in [-0.3, -0.25) is 4.99 Å². The third-order valence-electron chi connectivity index (χ3n) is 4.50. The third-order valence-corrected chi connectivity index (χ3v) is 4.50. The van der Waals surface area contributed by atoms with E-state index >= 15 is 0 Å². The van der Waals surface area contributed by atoms with Crippen LogP contribution in [0.1, 0.15) is 25.3 Å². The molecule has 0 radical (unpaired) electrons. The van der Waals surface area contributed by atoms with Crippen LogP contribution in [0.2, 0.25) is 0 Å². The highest BCUT2D eigenvalue weighted by Gasteiger charge is 2.16. The molecule has 5 nitrogen and oxygen atoms in total. The molecule has 1 heterocycles. The molecule has 1 aliphatic rings. The number of rotatable bonds is 6. The van der Waals surface area contributed by atoms with Crippen LogP contribution < -0.4 is 15.4 Å². The molecule has 1 aliphatic heterocycles. The Balaban J connectivity index is 0.00000312. The smallest absolute Gasteiger partial charge is 0.191 e. The second-order valence-electron chi connectivity index (χ2n) is 6.83. The van der Waals surface area contributed by atoms with Crippen molar-refractivity contribution >= 4 is 29.9 Å². The minimum atomic E-state index is 0. The minimum absolute atomic E-state index is 0.